The molecular weight excluding hydrogens is 352 g/mol. The lowest BCUT2D eigenvalue weighted by Crippen LogP contribution is -2.05. The zero-order chi connectivity index (χ0) is 18.8. The number of halogens is 1. The molecule has 0 aliphatic carbocycles. The second kappa shape index (κ2) is 7.30. The summed E-state index contributed by atoms with van der Waals surface area (Å²) in [6.45, 7) is 8.11. The Hall–Kier alpha value is -2.66. The molecule has 1 N–H and O–H groups in total. The molecule has 0 spiro atoms. The molecule has 0 aliphatic heterocycles. The number of hydrogen-bond acceptors (Lipinski definition) is 4. The van der Waals surface area contributed by atoms with Crippen molar-refractivity contribution in [3.63, 3.8) is 0 Å². The third-order valence-corrected chi connectivity index (χ3v) is 4.31. The fourth-order valence-corrected chi connectivity index (χ4v) is 2.63. The molecule has 0 aliphatic rings. The molecule has 1 heterocycles. The van der Waals surface area contributed by atoms with E-state index in [1.54, 1.807) is 12.1 Å². The topological polar surface area (TPSA) is 56.5 Å². The van der Waals surface area contributed by atoms with Gasteiger partial charge in [0.25, 0.3) is 0 Å². The number of aromatic nitrogens is 2. The Morgan fingerprint density at radius 1 is 0.962 bits per heavy atom. The third kappa shape index (κ3) is 3.78. The summed E-state index contributed by atoms with van der Waals surface area (Å²) < 4.78 is 13.7. The highest BCUT2D eigenvalue weighted by atomic mass is 35.5. The Labute approximate surface area is 157 Å². The van der Waals surface area contributed by atoms with Gasteiger partial charge in [0.05, 0.1) is 16.8 Å². The van der Waals surface area contributed by atoms with Crippen LogP contribution in [0.3, 0.4) is 0 Å². The summed E-state index contributed by atoms with van der Waals surface area (Å²) in [6.07, 6.45) is 0. The van der Waals surface area contributed by atoms with Gasteiger partial charge >= 0.3 is 0 Å². The molecule has 3 rings (SSSR count). The van der Waals surface area contributed by atoms with Crippen LogP contribution in [0.4, 0.5) is 0 Å². The fourth-order valence-electron chi connectivity index (χ4n) is 2.46. The summed E-state index contributed by atoms with van der Waals surface area (Å²) in [4.78, 5) is 0. The van der Waals surface area contributed by atoms with Crippen molar-refractivity contribution in [2.45, 2.75) is 33.7 Å². The highest BCUT2D eigenvalue weighted by Gasteiger charge is 2.16. The van der Waals surface area contributed by atoms with Crippen molar-refractivity contribution < 1.29 is 14.6 Å². The van der Waals surface area contributed by atoms with E-state index in [9.17, 15) is 5.11 Å². The second-order valence-corrected chi connectivity index (χ2v) is 6.75. The number of rotatable bonds is 5. The summed E-state index contributed by atoms with van der Waals surface area (Å²) in [5, 5.41) is 14.2. The first kappa shape index (κ1) is 18.1. The van der Waals surface area contributed by atoms with Crippen LogP contribution >= 0.6 is 11.6 Å². The van der Waals surface area contributed by atoms with Gasteiger partial charge in [-0.15, -0.1) is 0 Å². The molecule has 2 aromatic carbocycles. The van der Waals surface area contributed by atoms with Gasteiger partial charge in [0.1, 0.15) is 23.0 Å². The van der Waals surface area contributed by atoms with E-state index < -0.39 is 0 Å². The van der Waals surface area contributed by atoms with Crippen molar-refractivity contribution in [1.29, 1.82) is 0 Å². The lowest BCUT2D eigenvalue weighted by molar-refractivity contribution is 0.385. The number of hydrogen-bond donors (Lipinski definition) is 1. The summed E-state index contributed by atoms with van der Waals surface area (Å²) in [5.41, 5.74) is 1.98. The molecule has 0 unspecified atom stereocenters. The smallest absolute Gasteiger partial charge is 0.221 e. The lowest BCUT2D eigenvalue weighted by atomic mass is 10.3. The predicted octanol–water partition coefficient (Wildman–Crippen LogP) is 6.02. The second-order valence-electron chi connectivity index (χ2n) is 6.34. The van der Waals surface area contributed by atoms with Gasteiger partial charge in [-0.25, -0.2) is 4.68 Å². The predicted molar refractivity (Wildman–Crippen MR) is 102 cm³/mol. The van der Waals surface area contributed by atoms with Crippen LogP contribution in [0.5, 0.6) is 28.9 Å². The highest BCUT2D eigenvalue weighted by Crippen LogP contribution is 2.33. The van der Waals surface area contributed by atoms with Crippen LogP contribution in [0.15, 0.2) is 42.5 Å². The first-order valence-electron chi connectivity index (χ1n) is 8.35. The Morgan fingerprint density at radius 2 is 1.54 bits per heavy atom. The molecule has 6 heteroatoms. The van der Waals surface area contributed by atoms with Gasteiger partial charge < -0.3 is 14.6 Å². The van der Waals surface area contributed by atoms with Crippen molar-refractivity contribution in [1.82, 2.24) is 9.78 Å². The SMILES string of the molecule is Cc1nn(C(C)C)c(Oc2ccc(Oc3ccc(O)c(Cl)c3)cc2)c1C. The Kier molecular flexibility index (Phi) is 5.09. The molecule has 26 heavy (non-hydrogen) atoms. The first-order valence-corrected chi connectivity index (χ1v) is 8.73. The van der Waals surface area contributed by atoms with E-state index in [2.05, 4.69) is 18.9 Å². The highest BCUT2D eigenvalue weighted by molar-refractivity contribution is 6.32. The normalized spacial score (nSPS) is 11.0. The van der Waals surface area contributed by atoms with E-state index in [0.717, 1.165) is 17.1 Å². The maximum atomic E-state index is 9.46. The van der Waals surface area contributed by atoms with Crippen LogP contribution < -0.4 is 9.47 Å². The van der Waals surface area contributed by atoms with Crippen LogP contribution in [0, 0.1) is 13.8 Å². The Balaban J connectivity index is 1.77. The average Bonchev–Trinajstić information content (AvgIpc) is 2.88. The van der Waals surface area contributed by atoms with Crippen molar-refractivity contribution >= 4 is 11.6 Å². The van der Waals surface area contributed by atoms with E-state index in [1.165, 1.54) is 6.07 Å². The van der Waals surface area contributed by atoms with E-state index in [1.807, 2.05) is 42.8 Å². The minimum absolute atomic E-state index is 0.0233. The standard InChI is InChI=1S/C20H21ClN2O3/c1-12(2)23-20(13(3)14(4)22-23)26-16-7-5-15(6-8-16)25-17-9-10-19(24)18(21)11-17/h5-12,24H,1-4H3. The molecule has 0 amide bonds. The zero-order valence-corrected chi connectivity index (χ0v) is 15.9. The number of phenols is 1. The monoisotopic (exact) mass is 372 g/mol. The van der Waals surface area contributed by atoms with Crippen LogP contribution in [0.1, 0.15) is 31.1 Å². The minimum Gasteiger partial charge on any atom is -0.506 e. The van der Waals surface area contributed by atoms with Crippen LogP contribution in [-0.4, -0.2) is 14.9 Å². The molecule has 0 bridgehead atoms. The minimum atomic E-state index is 0.0233. The van der Waals surface area contributed by atoms with E-state index in [0.29, 0.717) is 17.2 Å². The molecule has 136 valence electrons. The molecule has 0 saturated carbocycles. The molecule has 3 aromatic rings. The molecule has 0 atom stereocenters. The van der Waals surface area contributed by atoms with E-state index in [4.69, 9.17) is 21.1 Å². The first-order chi connectivity index (χ1) is 12.3. The van der Waals surface area contributed by atoms with Crippen molar-refractivity contribution in [2.75, 3.05) is 0 Å². The number of benzene rings is 2. The van der Waals surface area contributed by atoms with Crippen molar-refractivity contribution in [2.24, 2.45) is 0 Å². The molecular formula is C20H21ClN2O3. The van der Waals surface area contributed by atoms with Gasteiger partial charge in [0.15, 0.2) is 0 Å². The molecule has 0 radical (unpaired) electrons. The maximum absolute atomic E-state index is 9.46. The van der Waals surface area contributed by atoms with Crippen LogP contribution in [0.25, 0.3) is 0 Å². The molecule has 0 saturated heterocycles. The number of aryl methyl sites for hydroxylation is 1. The zero-order valence-electron chi connectivity index (χ0n) is 15.2. The average molecular weight is 373 g/mol. The quantitative estimate of drug-likeness (QED) is 0.594. The largest absolute Gasteiger partial charge is 0.506 e. The third-order valence-electron chi connectivity index (χ3n) is 4.01. The number of nitrogens with zero attached hydrogens (tertiary/aromatic N) is 2. The van der Waals surface area contributed by atoms with Gasteiger partial charge in [-0.3, -0.25) is 0 Å². The number of aromatic hydroxyl groups is 1. The van der Waals surface area contributed by atoms with Gasteiger partial charge in [-0.05, 0) is 64.1 Å². The summed E-state index contributed by atoms with van der Waals surface area (Å²) in [7, 11) is 0. The van der Waals surface area contributed by atoms with E-state index in [-0.39, 0.29) is 16.8 Å². The van der Waals surface area contributed by atoms with Crippen molar-refractivity contribution in [3.8, 4) is 28.9 Å². The maximum Gasteiger partial charge on any atom is 0.221 e. The van der Waals surface area contributed by atoms with Gasteiger partial charge in [0.2, 0.25) is 5.88 Å². The van der Waals surface area contributed by atoms with Gasteiger partial charge in [-0.1, -0.05) is 11.6 Å². The summed E-state index contributed by atoms with van der Waals surface area (Å²) in [6, 6.07) is 12.2. The number of phenolic OH excluding ortho intramolecular Hbond substituents is 1. The fraction of sp³-hybridized carbons (Fsp3) is 0.250. The number of ether oxygens (including phenoxy) is 2. The lowest BCUT2D eigenvalue weighted by Gasteiger charge is -2.13. The Bertz CT molecular complexity index is 918. The molecule has 1 aromatic heterocycles. The Morgan fingerprint density at radius 3 is 2.12 bits per heavy atom. The van der Waals surface area contributed by atoms with Crippen LogP contribution in [0.2, 0.25) is 5.02 Å². The molecule has 0 fully saturated rings. The van der Waals surface area contributed by atoms with Gasteiger partial charge in [-0.2, -0.15) is 5.10 Å². The summed E-state index contributed by atoms with van der Waals surface area (Å²) in [5.74, 6) is 2.66. The van der Waals surface area contributed by atoms with Crippen LogP contribution in [-0.2, 0) is 0 Å². The molecule has 5 nitrogen and oxygen atoms in total. The van der Waals surface area contributed by atoms with E-state index >= 15 is 0 Å². The summed E-state index contributed by atoms with van der Waals surface area (Å²) >= 11 is 5.89. The van der Waals surface area contributed by atoms with Crippen molar-refractivity contribution in [3.05, 3.63) is 58.7 Å². The van der Waals surface area contributed by atoms with Gasteiger partial charge in [0, 0.05) is 11.6 Å².